The van der Waals surface area contributed by atoms with Crippen molar-refractivity contribution in [3.05, 3.63) is 34.1 Å². The van der Waals surface area contributed by atoms with E-state index in [9.17, 15) is 0 Å². The fourth-order valence-corrected chi connectivity index (χ4v) is 3.52. The van der Waals surface area contributed by atoms with E-state index in [0.717, 1.165) is 31.4 Å². The molecule has 1 aliphatic heterocycles. The van der Waals surface area contributed by atoms with Gasteiger partial charge in [0, 0.05) is 10.9 Å². The molecule has 0 bridgehead atoms. The molecule has 98 valence electrons. The third-order valence-electron chi connectivity index (χ3n) is 4.49. The third kappa shape index (κ3) is 1.61. The Kier molecular flexibility index (Phi) is 2.40. The molecule has 0 unspecified atom stereocenters. The number of anilines is 1. The smallest absolute Gasteiger partial charge is 0.0690 e. The highest BCUT2D eigenvalue weighted by Crippen LogP contribution is 2.26. The van der Waals surface area contributed by atoms with Crippen molar-refractivity contribution in [2.24, 2.45) is 0 Å². The normalized spacial score (nSPS) is 20.4. The lowest BCUT2D eigenvalue weighted by Gasteiger charge is -2.26. The van der Waals surface area contributed by atoms with Gasteiger partial charge < -0.3 is 5.43 Å². The van der Waals surface area contributed by atoms with Crippen LogP contribution in [0.25, 0.3) is 11.6 Å². The average molecular weight is 253 g/mol. The Balaban J connectivity index is 2.10. The molecule has 2 aliphatic carbocycles. The summed E-state index contributed by atoms with van der Waals surface area (Å²) in [5.74, 6) is 0. The van der Waals surface area contributed by atoms with E-state index < -0.39 is 0 Å². The molecule has 0 atom stereocenters. The van der Waals surface area contributed by atoms with Crippen LogP contribution in [0.5, 0.6) is 0 Å². The number of nitrogens with one attached hydrogen (secondary N) is 2. The number of hydrogen-bond acceptors (Lipinski definition) is 3. The third-order valence-corrected chi connectivity index (χ3v) is 4.49. The summed E-state index contributed by atoms with van der Waals surface area (Å²) >= 11 is 0. The van der Waals surface area contributed by atoms with Crippen molar-refractivity contribution >= 4 is 17.3 Å². The second-order valence-electron chi connectivity index (χ2n) is 5.68. The van der Waals surface area contributed by atoms with Crippen LogP contribution in [-0.2, 0) is 12.8 Å². The maximum absolute atomic E-state index is 4.96. The summed E-state index contributed by atoms with van der Waals surface area (Å²) < 4.78 is 0. The van der Waals surface area contributed by atoms with E-state index in [-0.39, 0.29) is 0 Å². The Morgan fingerprint density at radius 2 is 1.95 bits per heavy atom. The Morgan fingerprint density at radius 3 is 2.89 bits per heavy atom. The van der Waals surface area contributed by atoms with Crippen LogP contribution in [0.1, 0.15) is 43.4 Å². The SMILES string of the molecule is C=C1NNc2c3c(nc4c2=C1CCC=4)CCCCC3. The molecule has 19 heavy (non-hydrogen) atoms. The molecule has 0 aromatic carbocycles. The molecule has 0 saturated heterocycles. The molecule has 0 saturated carbocycles. The van der Waals surface area contributed by atoms with Crippen molar-refractivity contribution in [1.82, 2.24) is 10.4 Å². The van der Waals surface area contributed by atoms with Crippen LogP contribution in [0, 0.1) is 0 Å². The number of rotatable bonds is 0. The van der Waals surface area contributed by atoms with Gasteiger partial charge >= 0.3 is 0 Å². The van der Waals surface area contributed by atoms with E-state index >= 15 is 0 Å². The van der Waals surface area contributed by atoms with Crippen molar-refractivity contribution in [3.63, 3.8) is 0 Å². The van der Waals surface area contributed by atoms with Gasteiger partial charge in [-0.2, -0.15) is 0 Å². The number of aromatic nitrogens is 1. The van der Waals surface area contributed by atoms with Crippen LogP contribution in [0.3, 0.4) is 0 Å². The quantitative estimate of drug-likeness (QED) is 0.688. The fraction of sp³-hybridized carbons (Fsp3) is 0.438. The largest absolute Gasteiger partial charge is 0.301 e. The molecule has 1 aromatic heterocycles. The summed E-state index contributed by atoms with van der Waals surface area (Å²) in [6, 6.07) is 0. The average Bonchev–Trinajstić information content (AvgIpc) is 2.67. The lowest BCUT2D eigenvalue weighted by Crippen LogP contribution is -2.44. The maximum Gasteiger partial charge on any atom is 0.0690 e. The van der Waals surface area contributed by atoms with Gasteiger partial charge in [0.05, 0.1) is 16.7 Å². The van der Waals surface area contributed by atoms with E-state index in [1.165, 1.54) is 52.3 Å². The van der Waals surface area contributed by atoms with Crippen LogP contribution in [0.4, 0.5) is 5.69 Å². The monoisotopic (exact) mass is 253 g/mol. The van der Waals surface area contributed by atoms with E-state index in [1.807, 2.05) is 0 Å². The van der Waals surface area contributed by atoms with E-state index in [2.05, 4.69) is 23.5 Å². The van der Waals surface area contributed by atoms with Gasteiger partial charge in [0.2, 0.25) is 0 Å². The lowest BCUT2D eigenvalue weighted by molar-refractivity contribution is 0.708. The van der Waals surface area contributed by atoms with Crippen molar-refractivity contribution in [2.45, 2.75) is 44.9 Å². The van der Waals surface area contributed by atoms with Gasteiger partial charge in [0.25, 0.3) is 0 Å². The predicted octanol–water partition coefficient (Wildman–Crippen LogP) is 1.52. The molecule has 0 fully saturated rings. The number of nitrogens with zero attached hydrogens (tertiary/aromatic N) is 1. The Bertz CT molecular complexity index is 685. The number of fused-ring (bicyclic) bond motifs is 2. The molecule has 2 heterocycles. The van der Waals surface area contributed by atoms with Crippen molar-refractivity contribution in [2.75, 3.05) is 5.43 Å². The summed E-state index contributed by atoms with van der Waals surface area (Å²) in [7, 11) is 0. The second kappa shape index (κ2) is 4.12. The Morgan fingerprint density at radius 1 is 1.05 bits per heavy atom. The fourth-order valence-electron chi connectivity index (χ4n) is 3.52. The number of hydrazine groups is 1. The lowest BCUT2D eigenvalue weighted by atomic mass is 9.94. The van der Waals surface area contributed by atoms with Gasteiger partial charge in [-0.15, -0.1) is 0 Å². The van der Waals surface area contributed by atoms with Crippen molar-refractivity contribution in [3.8, 4) is 0 Å². The topological polar surface area (TPSA) is 37.0 Å². The van der Waals surface area contributed by atoms with E-state index in [0.29, 0.717) is 0 Å². The number of hydrogen-bond donors (Lipinski definition) is 2. The summed E-state index contributed by atoms with van der Waals surface area (Å²) in [6.07, 6.45) is 10.6. The first kappa shape index (κ1) is 11.1. The zero-order valence-corrected chi connectivity index (χ0v) is 11.2. The van der Waals surface area contributed by atoms with Crippen LogP contribution in [-0.4, -0.2) is 4.98 Å². The van der Waals surface area contributed by atoms with Crippen LogP contribution in [0.2, 0.25) is 0 Å². The first-order valence-electron chi connectivity index (χ1n) is 7.31. The van der Waals surface area contributed by atoms with E-state index in [1.54, 1.807) is 0 Å². The van der Waals surface area contributed by atoms with Gasteiger partial charge in [0.15, 0.2) is 0 Å². The second-order valence-corrected chi connectivity index (χ2v) is 5.68. The molecule has 0 amide bonds. The van der Waals surface area contributed by atoms with Gasteiger partial charge in [-0.05, 0) is 49.7 Å². The molecule has 3 heteroatoms. The van der Waals surface area contributed by atoms with Gasteiger partial charge in [0.1, 0.15) is 0 Å². The Hall–Kier alpha value is -1.77. The summed E-state index contributed by atoms with van der Waals surface area (Å²) in [5, 5.41) is 2.49. The number of allylic oxidation sites excluding steroid dienone is 1. The standard InChI is InChI=1S/C16H19N3/c1-10-11-7-5-9-14-15(11)16(19-18-10)12-6-3-2-4-8-13(12)17-14/h9,18-19H,1-8H2. The van der Waals surface area contributed by atoms with Crippen molar-refractivity contribution in [1.29, 1.82) is 0 Å². The van der Waals surface area contributed by atoms with Gasteiger partial charge in [-0.25, -0.2) is 0 Å². The van der Waals surface area contributed by atoms with E-state index in [4.69, 9.17) is 4.98 Å². The molecule has 1 aromatic rings. The minimum absolute atomic E-state index is 1.01. The number of pyridine rings is 1. The first-order valence-corrected chi connectivity index (χ1v) is 7.31. The molecule has 0 radical (unpaired) electrons. The molecule has 2 N–H and O–H groups in total. The highest BCUT2D eigenvalue weighted by atomic mass is 15.4. The maximum atomic E-state index is 4.96. The summed E-state index contributed by atoms with van der Waals surface area (Å²) in [5.41, 5.74) is 13.0. The van der Waals surface area contributed by atoms with Gasteiger partial charge in [-0.1, -0.05) is 19.1 Å². The van der Waals surface area contributed by atoms with Crippen molar-refractivity contribution < 1.29 is 0 Å². The van der Waals surface area contributed by atoms with Gasteiger partial charge in [-0.3, -0.25) is 10.4 Å². The minimum Gasteiger partial charge on any atom is -0.301 e. The van der Waals surface area contributed by atoms with Crippen LogP contribution < -0.4 is 21.4 Å². The molecular weight excluding hydrogens is 234 g/mol. The summed E-state index contributed by atoms with van der Waals surface area (Å²) in [6.45, 7) is 4.12. The zero-order chi connectivity index (χ0) is 12.8. The molecular formula is C16H19N3. The predicted molar refractivity (Wildman–Crippen MR) is 77.8 cm³/mol. The Labute approximate surface area is 113 Å². The molecule has 3 nitrogen and oxygen atoms in total. The highest BCUT2D eigenvalue weighted by molar-refractivity contribution is 5.74. The van der Waals surface area contributed by atoms with Crippen LogP contribution >= 0.6 is 0 Å². The van der Waals surface area contributed by atoms with Crippen LogP contribution in [0.15, 0.2) is 12.3 Å². The number of aryl methyl sites for hydroxylation is 1. The molecule has 4 rings (SSSR count). The minimum atomic E-state index is 1.01. The first-order chi connectivity index (χ1) is 9.34. The molecule has 0 spiro atoms. The highest BCUT2D eigenvalue weighted by Gasteiger charge is 2.22. The zero-order valence-electron chi connectivity index (χ0n) is 11.2. The summed E-state index contributed by atoms with van der Waals surface area (Å²) in [4.78, 5) is 4.96. The molecule has 3 aliphatic rings.